The van der Waals surface area contributed by atoms with Crippen molar-refractivity contribution in [2.75, 3.05) is 7.05 Å². The molecular weight excluding hydrogens is 160 g/mol. The maximum atomic E-state index is 5.25. The van der Waals surface area contributed by atoms with Crippen LogP contribution >= 0.6 is 0 Å². The highest BCUT2D eigenvalue weighted by atomic mass is 14.9. The quantitative estimate of drug-likeness (QED) is 0.695. The van der Waals surface area contributed by atoms with Crippen molar-refractivity contribution in [3.05, 3.63) is 30.1 Å². The SMILES string of the molecule is C#CCC(Cc1ccccn1)NC. The molecule has 1 aromatic heterocycles. The van der Waals surface area contributed by atoms with Gasteiger partial charge in [-0.2, -0.15) is 0 Å². The number of rotatable bonds is 4. The molecule has 1 rings (SSSR count). The van der Waals surface area contributed by atoms with Crippen LogP contribution in [0.25, 0.3) is 0 Å². The van der Waals surface area contributed by atoms with Gasteiger partial charge in [-0.3, -0.25) is 4.98 Å². The van der Waals surface area contributed by atoms with Crippen molar-refractivity contribution >= 4 is 0 Å². The van der Waals surface area contributed by atoms with Crippen LogP contribution in [0, 0.1) is 12.3 Å². The lowest BCUT2D eigenvalue weighted by molar-refractivity contribution is 0.566. The van der Waals surface area contributed by atoms with Gasteiger partial charge < -0.3 is 5.32 Å². The highest BCUT2D eigenvalue weighted by Crippen LogP contribution is 2.01. The maximum absolute atomic E-state index is 5.25. The van der Waals surface area contributed by atoms with Crippen LogP contribution in [0.3, 0.4) is 0 Å². The Morgan fingerprint density at radius 2 is 2.46 bits per heavy atom. The fourth-order valence-electron chi connectivity index (χ4n) is 1.19. The number of likely N-dealkylation sites (N-methyl/N-ethyl adjacent to an activating group) is 1. The van der Waals surface area contributed by atoms with Crippen LogP contribution in [0.2, 0.25) is 0 Å². The normalized spacial score (nSPS) is 12.0. The van der Waals surface area contributed by atoms with Gasteiger partial charge in [0.05, 0.1) is 0 Å². The molecule has 0 fully saturated rings. The average molecular weight is 174 g/mol. The molecule has 0 amide bonds. The Morgan fingerprint density at radius 1 is 1.62 bits per heavy atom. The summed E-state index contributed by atoms with van der Waals surface area (Å²) in [6, 6.07) is 6.25. The Morgan fingerprint density at radius 3 is 3.00 bits per heavy atom. The Labute approximate surface area is 79.4 Å². The summed E-state index contributed by atoms with van der Waals surface area (Å²) in [6.45, 7) is 0. The van der Waals surface area contributed by atoms with E-state index in [2.05, 4.69) is 16.2 Å². The summed E-state index contributed by atoms with van der Waals surface area (Å²) in [5.41, 5.74) is 1.08. The number of hydrogen-bond donors (Lipinski definition) is 1. The molecule has 1 atom stereocenters. The van der Waals surface area contributed by atoms with Crippen molar-refractivity contribution in [1.82, 2.24) is 10.3 Å². The molecule has 0 aromatic carbocycles. The van der Waals surface area contributed by atoms with Crippen molar-refractivity contribution in [1.29, 1.82) is 0 Å². The second-order valence-corrected chi connectivity index (χ2v) is 2.92. The Balaban J connectivity index is 2.53. The summed E-state index contributed by atoms with van der Waals surface area (Å²) in [7, 11) is 1.92. The zero-order valence-electron chi connectivity index (χ0n) is 7.83. The standard InChI is InChI=1S/C11H14N2/c1-3-6-10(12-2)9-11-7-4-5-8-13-11/h1,4-5,7-8,10,12H,6,9H2,2H3. The number of terminal acetylenes is 1. The van der Waals surface area contributed by atoms with Gasteiger partial charge in [-0.25, -0.2) is 0 Å². The second-order valence-electron chi connectivity index (χ2n) is 2.92. The predicted octanol–water partition coefficient (Wildman–Crippen LogP) is 1.24. The minimum Gasteiger partial charge on any atom is -0.316 e. The molecule has 0 saturated carbocycles. The van der Waals surface area contributed by atoms with E-state index in [1.165, 1.54) is 0 Å². The summed E-state index contributed by atoms with van der Waals surface area (Å²) in [6.07, 6.45) is 8.69. The van der Waals surface area contributed by atoms with E-state index in [0.717, 1.165) is 18.5 Å². The molecule has 0 saturated heterocycles. The molecule has 68 valence electrons. The molecule has 1 aromatic rings. The van der Waals surface area contributed by atoms with Crippen LogP contribution in [0.1, 0.15) is 12.1 Å². The molecule has 0 spiro atoms. The molecule has 0 radical (unpaired) electrons. The smallest absolute Gasteiger partial charge is 0.0419 e. The van der Waals surface area contributed by atoms with Gasteiger partial charge in [0, 0.05) is 30.8 Å². The first-order valence-electron chi connectivity index (χ1n) is 4.37. The minimum absolute atomic E-state index is 0.333. The second kappa shape index (κ2) is 5.34. The van der Waals surface area contributed by atoms with Gasteiger partial charge in [-0.05, 0) is 19.2 Å². The summed E-state index contributed by atoms with van der Waals surface area (Å²) < 4.78 is 0. The third-order valence-electron chi connectivity index (χ3n) is 1.95. The van der Waals surface area contributed by atoms with Gasteiger partial charge in [0.2, 0.25) is 0 Å². The van der Waals surface area contributed by atoms with Gasteiger partial charge in [-0.15, -0.1) is 12.3 Å². The lowest BCUT2D eigenvalue weighted by atomic mass is 10.1. The van der Waals surface area contributed by atoms with E-state index in [4.69, 9.17) is 6.42 Å². The lowest BCUT2D eigenvalue weighted by Gasteiger charge is -2.11. The van der Waals surface area contributed by atoms with Gasteiger partial charge in [0.15, 0.2) is 0 Å². The number of pyridine rings is 1. The zero-order chi connectivity index (χ0) is 9.52. The highest BCUT2D eigenvalue weighted by Gasteiger charge is 2.05. The first-order valence-corrected chi connectivity index (χ1v) is 4.37. The largest absolute Gasteiger partial charge is 0.316 e. The minimum atomic E-state index is 0.333. The van der Waals surface area contributed by atoms with Crippen LogP contribution < -0.4 is 5.32 Å². The molecule has 1 heterocycles. The summed E-state index contributed by atoms with van der Waals surface area (Å²) in [5.74, 6) is 2.65. The highest BCUT2D eigenvalue weighted by molar-refractivity contribution is 5.06. The topological polar surface area (TPSA) is 24.9 Å². The molecule has 2 nitrogen and oxygen atoms in total. The molecule has 0 aliphatic heterocycles. The van der Waals surface area contributed by atoms with E-state index >= 15 is 0 Å². The first-order chi connectivity index (χ1) is 6.36. The van der Waals surface area contributed by atoms with Crippen molar-refractivity contribution in [2.24, 2.45) is 0 Å². The summed E-state index contributed by atoms with van der Waals surface area (Å²) in [4.78, 5) is 4.24. The Bertz CT molecular complexity index is 274. The predicted molar refractivity (Wildman–Crippen MR) is 54.2 cm³/mol. The maximum Gasteiger partial charge on any atom is 0.0419 e. The third-order valence-corrected chi connectivity index (χ3v) is 1.95. The molecular formula is C11H14N2. The molecule has 0 bridgehead atoms. The van der Waals surface area contributed by atoms with E-state index in [9.17, 15) is 0 Å². The molecule has 1 unspecified atom stereocenters. The molecule has 1 N–H and O–H groups in total. The lowest BCUT2D eigenvalue weighted by Crippen LogP contribution is -2.27. The number of nitrogens with one attached hydrogen (secondary N) is 1. The average Bonchev–Trinajstić information content (AvgIpc) is 2.19. The van der Waals surface area contributed by atoms with Crippen LogP contribution in [0.15, 0.2) is 24.4 Å². The van der Waals surface area contributed by atoms with Gasteiger partial charge in [-0.1, -0.05) is 6.07 Å². The van der Waals surface area contributed by atoms with Gasteiger partial charge in [0.25, 0.3) is 0 Å². The molecule has 0 aliphatic rings. The van der Waals surface area contributed by atoms with Crippen LogP contribution in [-0.2, 0) is 6.42 Å². The van der Waals surface area contributed by atoms with E-state index in [1.807, 2.05) is 25.2 Å². The van der Waals surface area contributed by atoms with Crippen molar-refractivity contribution in [3.8, 4) is 12.3 Å². The molecule has 13 heavy (non-hydrogen) atoms. The van der Waals surface area contributed by atoms with Crippen LogP contribution in [-0.4, -0.2) is 18.1 Å². The number of hydrogen-bond acceptors (Lipinski definition) is 2. The zero-order valence-corrected chi connectivity index (χ0v) is 7.83. The van der Waals surface area contributed by atoms with Crippen molar-refractivity contribution in [2.45, 2.75) is 18.9 Å². The summed E-state index contributed by atoms with van der Waals surface area (Å²) in [5, 5.41) is 3.17. The van der Waals surface area contributed by atoms with E-state index in [-0.39, 0.29) is 0 Å². The fourth-order valence-corrected chi connectivity index (χ4v) is 1.19. The van der Waals surface area contributed by atoms with Gasteiger partial charge >= 0.3 is 0 Å². The van der Waals surface area contributed by atoms with E-state index in [0.29, 0.717) is 6.04 Å². The Hall–Kier alpha value is -1.33. The number of aromatic nitrogens is 1. The van der Waals surface area contributed by atoms with Crippen molar-refractivity contribution in [3.63, 3.8) is 0 Å². The monoisotopic (exact) mass is 174 g/mol. The Kier molecular flexibility index (Phi) is 4.01. The summed E-state index contributed by atoms with van der Waals surface area (Å²) >= 11 is 0. The molecule has 0 aliphatic carbocycles. The number of nitrogens with zero attached hydrogens (tertiary/aromatic N) is 1. The third kappa shape index (κ3) is 3.27. The fraction of sp³-hybridized carbons (Fsp3) is 0.364. The van der Waals surface area contributed by atoms with Crippen LogP contribution in [0.5, 0.6) is 0 Å². The van der Waals surface area contributed by atoms with Crippen molar-refractivity contribution < 1.29 is 0 Å². The first kappa shape index (κ1) is 9.76. The van der Waals surface area contributed by atoms with E-state index < -0.39 is 0 Å². The van der Waals surface area contributed by atoms with E-state index in [1.54, 1.807) is 6.20 Å². The van der Waals surface area contributed by atoms with Gasteiger partial charge in [0.1, 0.15) is 0 Å². The molecule has 2 heteroatoms. The van der Waals surface area contributed by atoms with Crippen LogP contribution in [0.4, 0.5) is 0 Å².